The van der Waals surface area contributed by atoms with Crippen molar-refractivity contribution in [3.05, 3.63) is 52.4 Å². The summed E-state index contributed by atoms with van der Waals surface area (Å²) in [6.07, 6.45) is 2.79. The molecule has 25 heavy (non-hydrogen) atoms. The van der Waals surface area contributed by atoms with Gasteiger partial charge in [-0.3, -0.25) is 4.72 Å². The number of nitrogens with one attached hydrogen (secondary N) is 1. The van der Waals surface area contributed by atoms with Gasteiger partial charge in [0.1, 0.15) is 10.6 Å². The van der Waals surface area contributed by atoms with Gasteiger partial charge in [-0.25, -0.2) is 8.42 Å². The molecule has 2 rings (SSSR count). The van der Waals surface area contributed by atoms with Crippen LogP contribution in [-0.2, 0) is 15.0 Å². The number of anilines is 1. The van der Waals surface area contributed by atoms with Crippen molar-refractivity contribution < 1.29 is 22.8 Å². The quantitative estimate of drug-likeness (QED) is 0.726. The van der Waals surface area contributed by atoms with Gasteiger partial charge in [0.25, 0.3) is 10.0 Å². The number of ether oxygens (including phenoxy) is 2. The molecule has 3 N–H and O–H groups in total. The van der Waals surface area contributed by atoms with Crippen molar-refractivity contribution in [1.82, 2.24) is 0 Å². The third kappa shape index (κ3) is 3.78. The van der Waals surface area contributed by atoms with Crippen LogP contribution in [0, 0.1) is 0 Å². The molecule has 0 saturated heterocycles. The van der Waals surface area contributed by atoms with E-state index in [0.29, 0.717) is 5.75 Å². The summed E-state index contributed by atoms with van der Waals surface area (Å²) in [7, 11) is -1.27. The van der Waals surface area contributed by atoms with Crippen molar-refractivity contribution in [2.45, 2.75) is 0 Å². The summed E-state index contributed by atoms with van der Waals surface area (Å²) < 4.78 is 38.4. The van der Waals surface area contributed by atoms with Crippen LogP contribution >= 0.6 is 11.6 Å². The zero-order chi connectivity index (χ0) is 18.6. The van der Waals surface area contributed by atoms with E-state index in [-0.39, 0.29) is 32.7 Å². The average Bonchev–Trinajstić information content (AvgIpc) is 2.56. The normalized spacial score (nSPS) is 16.2. The molecule has 0 radical (unpaired) electrons. The maximum absolute atomic E-state index is 12.8. The second kappa shape index (κ2) is 7.60. The molecule has 10 heteroatoms. The van der Waals surface area contributed by atoms with Gasteiger partial charge in [-0.15, -0.1) is 5.90 Å². The molecule has 134 valence electrons. The van der Waals surface area contributed by atoms with E-state index in [2.05, 4.69) is 21.4 Å². The minimum absolute atomic E-state index is 0.0321. The van der Waals surface area contributed by atoms with Crippen molar-refractivity contribution in [1.29, 1.82) is 0 Å². The smallest absolute Gasteiger partial charge is 0.264 e. The Hall–Kier alpha value is -2.49. The first-order chi connectivity index (χ1) is 11.9. The van der Waals surface area contributed by atoms with E-state index in [1.165, 1.54) is 32.4 Å². The lowest BCUT2D eigenvalue weighted by Gasteiger charge is -2.19. The zero-order valence-electron chi connectivity index (χ0n) is 13.4. The fraction of sp³-hybridized carbons (Fsp3) is 0.133. The lowest BCUT2D eigenvalue weighted by Crippen LogP contribution is -2.22. The molecule has 8 nitrogen and oxygen atoms in total. The molecule has 0 spiro atoms. The van der Waals surface area contributed by atoms with E-state index in [0.717, 1.165) is 0 Å². The van der Waals surface area contributed by atoms with Gasteiger partial charge < -0.3 is 14.4 Å². The number of allylic oxidation sites excluding steroid dienone is 4. The van der Waals surface area contributed by atoms with E-state index in [9.17, 15) is 8.42 Å². The van der Waals surface area contributed by atoms with E-state index in [1.807, 2.05) is 0 Å². The monoisotopic (exact) mass is 385 g/mol. The molecule has 0 heterocycles. The fourth-order valence-corrected chi connectivity index (χ4v) is 3.97. The molecule has 0 aliphatic heterocycles. The maximum atomic E-state index is 12.8. The lowest BCUT2D eigenvalue weighted by atomic mass is 10.1. The highest BCUT2D eigenvalue weighted by molar-refractivity contribution is 7.96. The van der Waals surface area contributed by atoms with Crippen LogP contribution in [0.15, 0.2) is 57.6 Å². The number of hydrogen-bond acceptors (Lipinski definition) is 7. The second-order valence-corrected chi connectivity index (χ2v) is 6.74. The number of halogens is 1. The van der Waals surface area contributed by atoms with Crippen molar-refractivity contribution >= 4 is 33.0 Å². The molecular formula is C15H16ClN3O5S. The number of oxime groups is 1. The molecule has 0 fully saturated rings. The molecule has 0 saturated carbocycles. The first-order valence-electron chi connectivity index (χ1n) is 6.81. The van der Waals surface area contributed by atoms with Gasteiger partial charge in [-0.05, 0) is 24.3 Å². The highest BCUT2D eigenvalue weighted by atomic mass is 35.5. The third-order valence-electron chi connectivity index (χ3n) is 3.25. The summed E-state index contributed by atoms with van der Waals surface area (Å²) in [5.41, 5.74) is 0.340. The predicted octanol–water partition coefficient (Wildman–Crippen LogP) is 2.27. The number of sulfonamides is 1. The van der Waals surface area contributed by atoms with Gasteiger partial charge in [0, 0.05) is 5.57 Å². The van der Waals surface area contributed by atoms with Gasteiger partial charge >= 0.3 is 0 Å². The van der Waals surface area contributed by atoms with Crippen LogP contribution in [0.3, 0.4) is 0 Å². The van der Waals surface area contributed by atoms with Crippen molar-refractivity contribution in [3.63, 3.8) is 0 Å². The minimum atomic E-state index is -4.11. The van der Waals surface area contributed by atoms with E-state index in [1.54, 1.807) is 12.1 Å². The fourth-order valence-electron chi connectivity index (χ4n) is 2.18. The zero-order valence-corrected chi connectivity index (χ0v) is 15.0. The number of nitrogens with two attached hydrogens (primary N) is 1. The van der Waals surface area contributed by atoms with Crippen LogP contribution in [0.4, 0.5) is 5.69 Å². The Morgan fingerprint density at radius 3 is 2.56 bits per heavy atom. The van der Waals surface area contributed by atoms with Crippen LogP contribution in [0.25, 0.3) is 0 Å². The molecule has 1 aliphatic rings. The SMILES string of the molecule is C=C1C(S(=O)(=O)Nc2cccc(OC)c2OC)=C(Cl)C=C/C1=N/ON. The van der Waals surface area contributed by atoms with Crippen LogP contribution in [0.2, 0.25) is 0 Å². The van der Waals surface area contributed by atoms with E-state index in [4.69, 9.17) is 27.0 Å². The van der Waals surface area contributed by atoms with Gasteiger partial charge in [0.05, 0.1) is 24.9 Å². The average molecular weight is 386 g/mol. The summed E-state index contributed by atoms with van der Waals surface area (Å²) >= 11 is 6.06. The third-order valence-corrected chi connectivity index (χ3v) is 5.17. The number of benzene rings is 1. The number of para-hydroxylation sites is 1. The summed E-state index contributed by atoms with van der Waals surface area (Å²) in [4.78, 5) is 3.94. The number of nitrogens with zero attached hydrogens (tertiary/aromatic N) is 1. The van der Waals surface area contributed by atoms with Crippen LogP contribution in [0.5, 0.6) is 11.5 Å². The lowest BCUT2D eigenvalue weighted by molar-refractivity contribution is 0.149. The topological polar surface area (TPSA) is 112 Å². The molecule has 0 unspecified atom stereocenters. The Labute approximate surface area is 150 Å². The summed E-state index contributed by atoms with van der Waals surface area (Å²) in [6, 6.07) is 4.77. The molecule has 1 aromatic rings. The van der Waals surface area contributed by atoms with Gasteiger partial charge in [0.15, 0.2) is 11.5 Å². The highest BCUT2D eigenvalue weighted by Gasteiger charge is 2.29. The molecule has 1 aliphatic carbocycles. The Kier molecular flexibility index (Phi) is 5.73. The molecule has 0 amide bonds. The second-order valence-electron chi connectivity index (χ2n) is 4.72. The summed E-state index contributed by atoms with van der Waals surface area (Å²) in [6.45, 7) is 3.70. The van der Waals surface area contributed by atoms with Gasteiger partial charge in [0.2, 0.25) is 0 Å². The van der Waals surface area contributed by atoms with Gasteiger partial charge in [-0.1, -0.05) is 29.4 Å². The molecular weight excluding hydrogens is 370 g/mol. The maximum Gasteiger partial charge on any atom is 0.264 e. The van der Waals surface area contributed by atoms with Crippen molar-refractivity contribution in [2.24, 2.45) is 11.1 Å². The van der Waals surface area contributed by atoms with Gasteiger partial charge in [-0.2, -0.15) is 0 Å². The molecule has 0 aromatic heterocycles. The van der Waals surface area contributed by atoms with Crippen LogP contribution in [-0.4, -0.2) is 28.3 Å². The van der Waals surface area contributed by atoms with Crippen molar-refractivity contribution in [2.75, 3.05) is 18.9 Å². The van der Waals surface area contributed by atoms with Crippen LogP contribution < -0.4 is 20.1 Å². The minimum Gasteiger partial charge on any atom is -0.493 e. The Morgan fingerprint density at radius 2 is 1.96 bits per heavy atom. The van der Waals surface area contributed by atoms with E-state index < -0.39 is 10.0 Å². The number of rotatable bonds is 6. The largest absolute Gasteiger partial charge is 0.493 e. The van der Waals surface area contributed by atoms with Crippen molar-refractivity contribution in [3.8, 4) is 11.5 Å². The molecule has 1 aromatic carbocycles. The highest BCUT2D eigenvalue weighted by Crippen LogP contribution is 2.37. The summed E-state index contributed by atoms with van der Waals surface area (Å²) in [5, 5.41) is 3.48. The Balaban J connectivity index is 2.48. The Bertz CT molecular complexity index is 890. The standard InChI is InChI=1S/C15H16ClN3O5S/c1-9-11(18-24-17)8-7-10(16)15(9)25(20,21)19-12-5-4-6-13(22-2)14(12)23-3/h4-8,19H,1,17H2,2-3H3/b18-11-. The first-order valence-corrected chi connectivity index (χ1v) is 8.67. The number of methoxy groups -OCH3 is 2. The molecule has 0 atom stereocenters. The molecule has 0 bridgehead atoms. The van der Waals surface area contributed by atoms with Crippen LogP contribution in [0.1, 0.15) is 0 Å². The predicted molar refractivity (Wildman–Crippen MR) is 96.0 cm³/mol. The first kappa shape index (κ1) is 18.8. The van der Waals surface area contributed by atoms with E-state index >= 15 is 0 Å². The Morgan fingerprint density at radius 1 is 1.24 bits per heavy atom. The summed E-state index contributed by atoms with van der Waals surface area (Å²) in [5.74, 6) is 5.49. The number of hydrogen-bond donors (Lipinski definition) is 2.